The highest BCUT2D eigenvalue weighted by atomic mass is 19.2. The zero-order chi connectivity index (χ0) is 61.7. The fourth-order valence-corrected chi connectivity index (χ4v) is 13.6. The summed E-state index contributed by atoms with van der Waals surface area (Å²) in [5.41, 5.74) is 0.887. The molecule has 1 aromatic heterocycles. The maximum absolute atomic E-state index is 17.4. The van der Waals surface area contributed by atoms with Gasteiger partial charge in [-0.25, -0.2) is 35.1 Å². The molecule has 4 nitrogen and oxygen atoms in total. The molecular formula is C78H45F8NO3. The molecule has 2 aliphatic rings. The molecule has 0 aliphatic heterocycles. The van der Waals surface area contributed by atoms with E-state index < -0.39 is 68.5 Å². The van der Waals surface area contributed by atoms with Crippen molar-refractivity contribution in [3.63, 3.8) is 0 Å². The first kappa shape index (κ1) is 55.3. The minimum atomic E-state index is -2.14. The lowest BCUT2D eigenvalue weighted by molar-refractivity contribution is 0.426. The Bertz CT molecular complexity index is 4790. The number of hydrogen-bond acceptors (Lipinski definition) is 4. The van der Waals surface area contributed by atoms with Crippen LogP contribution in [0.3, 0.4) is 0 Å². The van der Waals surface area contributed by atoms with Crippen molar-refractivity contribution < 1.29 is 49.0 Å². The molecule has 0 radical (unpaired) electrons. The van der Waals surface area contributed by atoms with Crippen molar-refractivity contribution >= 4 is 51.2 Å². The second kappa shape index (κ2) is 21.3. The third kappa shape index (κ3) is 8.35. The summed E-state index contributed by atoms with van der Waals surface area (Å²) >= 11 is 0. The van der Waals surface area contributed by atoms with Crippen LogP contribution in [0.5, 0.6) is 23.0 Å². The summed E-state index contributed by atoms with van der Waals surface area (Å²) in [5.74, 6) is -11.4. The monoisotopic (exact) mass is 1200 g/mol. The van der Waals surface area contributed by atoms with Crippen molar-refractivity contribution in [2.24, 2.45) is 0 Å². The maximum atomic E-state index is 17.4. The smallest absolute Gasteiger partial charge is 0.166 e. The first-order valence-corrected chi connectivity index (χ1v) is 28.7. The van der Waals surface area contributed by atoms with E-state index in [4.69, 9.17) is 13.9 Å². The molecule has 0 saturated carbocycles. The molecule has 2 aliphatic carbocycles. The van der Waals surface area contributed by atoms with E-state index in [1.54, 1.807) is 181 Å². The van der Waals surface area contributed by atoms with E-state index in [1.165, 1.54) is 0 Å². The molecule has 15 rings (SSSR count). The Morgan fingerprint density at radius 2 is 0.733 bits per heavy atom. The summed E-state index contributed by atoms with van der Waals surface area (Å²) in [7, 11) is 0. The molecule has 0 amide bonds. The van der Waals surface area contributed by atoms with Gasteiger partial charge < -0.3 is 18.8 Å². The Labute approximate surface area is 510 Å². The third-order valence-corrected chi connectivity index (χ3v) is 17.4. The van der Waals surface area contributed by atoms with Crippen molar-refractivity contribution in [2.75, 3.05) is 4.90 Å². The number of fused-ring (bicyclic) bond motifs is 9. The van der Waals surface area contributed by atoms with Crippen LogP contribution in [0.25, 0.3) is 56.3 Å². The number of nitrogens with zero attached hydrogens (tertiary/aromatic N) is 1. The van der Waals surface area contributed by atoms with Crippen LogP contribution in [0.15, 0.2) is 254 Å². The van der Waals surface area contributed by atoms with Crippen molar-refractivity contribution in [1.82, 2.24) is 0 Å². The van der Waals surface area contributed by atoms with E-state index in [9.17, 15) is 0 Å². The molecule has 436 valence electrons. The van der Waals surface area contributed by atoms with Gasteiger partial charge in [0.2, 0.25) is 0 Å². The summed E-state index contributed by atoms with van der Waals surface area (Å²) in [6, 6.07) is 64.6. The minimum absolute atomic E-state index is 0.179. The highest BCUT2D eigenvalue weighted by Crippen LogP contribution is 2.62. The zero-order valence-corrected chi connectivity index (χ0v) is 47.3. The zero-order valence-electron chi connectivity index (χ0n) is 47.3. The van der Waals surface area contributed by atoms with Gasteiger partial charge in [-0.15, -0.1) is 0 Å². The molecule has 13 aromatic rings. The van der Waals surface area contributed by atoms with Gasteiger partial charge in [-0.2, -0.15) is 0 Å². The van der Waals surface area contributed by atoms with Crippen LogP contribution in [0.4, 0.5) is 52.2 Å². The molecule has 0 bridgehead atoms. The SMILES string of the molecule is C=Cc1ccc(Oc2ccc(C3(c4c(F)c(F)cc(F)c4F)c4ccccc4-c4ccc(N(c5ccc6c(c5)C(c5ccc(Oc7ccc(C=C)cc7)cc5)(c5c(F)c(F)cc(F)c5F)c5ccccc5-6)c5cccc6c5oc5ccccc56)cc43)cc2)cc1. The van der Waals surface area contributed by atoms with Gasteiger partial charge in [0.15, 0.2) is 52.1 Å². The first-order valence-electron chi connectivity index (χ1n) is 28.7. The van der Waals surface area contributed by atoms with E-state index in [2.05, 4.69) is 13.2 Å². The van der Waals surface area contributed by atoms with Crippen LogP contribution in [0.1, 0.15) is 55.6 Å². The van der Waals surface area contributed by atoms with Crippen molar-refractivity contribution in [2.45, 2.75) is 10.8 Å². The van der Waals surface area contributed by atoms with Gasteiger partial charge >= 0.3 is 0 Å². The number of benzene rings is 12. The van der Waals surface area contributed by atoms with Crippen LogP contribution < -0.4 is 14.4 Å². The average Bonchev–Trinajstić information content (AvgIpc) is 1.58. The van der Waals surface area contributed by atoms with Gasteiger partial charge in [0, 0.05) is 45.4 Å². The number of rotatable bonds is 13. The van der Waals surface area contributed by atoms with E-state index >= 15 is 35.1 Å². The molecule has 12 aromatic carbocycles. The lowest BCUT2D eigenvalue weighted by Crippen LogP contribution is -2.32. The van der Waals surface area contributed by atoms with E-state index in [-0.39, 0.29) is 34.4 Å². The standard InChI is InChI=1S/C78H45F8NO3/c1-3-44-20-30-50(31-21-44)88-52-34-24-46(25-35-52)77(70-72(83)64(79)42-65(80)73(70)84)60-16-8-5-12-54(60)56-38-28-48(40-62(56)77)87(68-18-11-15-59-58-14-7-10-19-69(58)90-76(59)68)49-29-39-57-55-13-6-9-17-61(55)78(63(57)41-49,71-74(85)66(81)43-67(82)75(71)86)47-26-36-53(37-27-47)89-51-32-22-45(4-2)23-33-51/h3-43H,1-2H2. The molecular weight excluding hydrogens is 1150 g/mol. The largest absolute Gasteiger partial charge is 0.457 e. The Kier molecular flexibility index (Phi) is 13.1. The highest BCUT2D eigenvalue weighted by Gasteiger charge is 2.53. The minimum Gasteiger partial charge on any atom is -0.457 e. The number of para-hydroxylation sites is 2. The average molecular weight is 1200 g/mol. The van der Waals surface area contributed by atoms with Crippen LogP contribution >= 0.6 is 0 Å². The van der Waals surface area contributed by atoms with E-state index in [0.29, 0.717) is 90.0 Å². The maximum Gasteiger partial charge on any atom is 0.166 e. The van der Waals surface area contributed by atoms with Crippen LogP contribution in [0, 0.1) is 46.5 Å². The summed E-state index contributed by atoms with van der Waals surface area (Å²) in [5, 5.41) is 1.46. The summed E-state index contributed by atoms with van der Waals surface area (Å²) in [4.78, 5) is 1.80. The molecule has 0 N–H and O–H groups in total. The van der Waals surface area contributed by atoms with Gasteiger partial charge in [-0.3, -0.25) is 0 Å². The number of ether oxygens (including phenoxy) is 2. The van der Waals surface area contributed by atoms with Gasteiger partial charge in [-0.1, -0.05) is 165 Å². The van der Waals surface area contributed by atoms with Crippen LogP contribution in [-0.4, -0.2) is 0 Å². The number of hydrogen-bond donors (Lipinski definition) is 0. The Morgan fingerprint density at radius 1 is 0.356 bits per heavy atom. The fourth-order valence-electron chi connectivity index (χ4n) is 13.6. The predicted molar refractivity (Wildman–Crippen MR) is 336 cm³/mol. The third-order valence-electron chi connectivity index (χ3n) is 17.4. The Balaban J connectivity index is 0.999. The van der Waals surface area contributed by atoms with Crippen molar-refractivity contribution in [1.29, 1.82) is 0 Å². The normalized spacial score (nSPS) is 15.3. The molecule has 2 atom stereocenters. The predicted octanol–water partition coefficient (Wildman–Crippen LogP) is 21.8. The highest BCUT2D eigenvalue weighted by molar-refractivity contribution is 6.10. The molecule has 12 heteroatoms. The van der Waals surface area contributed by atoms with Crippen LogP contribution in [0.2, 0.25) is 0 Å². The van der Waals surface area contributed by atoms with Crippen LogP contribution in [-0.2, 0) is 10.8 Å². The quantitative estimate of drug-likeness (QED) is 0.0851. The lowest BCUT2D eigenvalue weighted by Gasteiger charge is -2.36. The van der Waals surface area contributed by atoms with Gasteiger partial charge in [0.05, 0.1) is 16.5 Å². The lowest BCUT2D eigenvalue weighted by atomic mass is 9.67. The molecule has 90 heavy (non-hydrogen) atoms. The fraction of sp³-hybridized carbons (Fsp3) is 0.0256. The number of halogens is 8. The summed E-state index contributed by atoms with van der Waals surface area (Å²) in [6.07, 6.45) is 3.38. The van der Waals surface area contributed by atoms with Crippen molar-refractivity contribution in [3.8, 4) is 45.3 Å². The molecule has 0 spiro atoms. The summed E-state index contributed by atoms with van der Waals surface area (Å²) < 4.78 is 154. The van der Waals surface area contributed by atoms with E-state index in [0.717, 1.165) is 16.5 Å². The first-order chi connectivity index (χ1) is 43.8. The molecule has 0 saturated heterocycles. The Hall–Kier alpha value is -11.2. The number of furan rings is 1. The van der Waals surface area contributed by atoms with Crippen molar-refractivity contribution in [3.05, 3.63) is 352 Å². The molecule has 0 fully saturated rings. The molecule has 1 heterocycles. The number of anilines is 3. The van der Waals surface area contributed by atoms with E-state index in [1.807, 2.05) is 60.7 Å². The van der Waals surface area contributed by atoms with Gasteiger partial charge in [-0.05, 0) is 152 Å². The van der Waals surface area contributed by atoms with Gasteiger partial charge in [0.1, 0.15) is 28.6 Å². The topological polar surface area (TPSA) is 34.8 Å². The molecule has 2 unspecified atom stereocenters. The second-order valence-electron chi connectivity index (χ2n) is 22.1. The Morgan fingerprint density at radius 3 is 1.17 bits per heavy atom. The summed E-state index contributed by atoms with van der Waals surface area (Å²) in [6.45, 7) is 7.64. The van der Waals surface area contributed by atoms with Gasteiger partial charge in [0.25, 0.3) is 0 Å². The second-order valence-corrected chi connectivity index (χ2v) is 22.1.